The first-order valence-corrected chi connectivity index (χ1v) is 14.8. The predicted molar refractivity (Wildman–Crippen MR) is 157 cm³/mol. The van der Waals surface area contributed by atoms with Crippen molar-refractivity contribution in [3.8, 4) is 0 Å². The Bertz CT molecular complexity index is 1420. The summed E-state index contributed by atoms with van der Waals surface area (Å²) >= 11 is 12.3. The third-order valence-corrected chi connectivity index (χ3v) is 8.93. The minimum absolute atomic E-state index is 0.0108. The molecule has 10 heteroatoms. The first-order chi connectivity index (χ1) is 18.4. The maximum absolute atomic E-state index is 13.9. The summed E-state index contributed by atoms with van der Waals surface area (Å²) in [7, 11) is -4.18. The van der Waals surface area contributed by atoms with Gasteiger partial charge in [-0.25, -0.2) is 8.42 Å². The summed E-state index contributed by atoms with van der Waals surface area (Å²) < 4.78 is 28.6. The van der Waals surface area contributed by atoms with Gasteiger partial charge in [-0.15, -0.1) is 0 Å². The molecule has 0 saturated carbocycles. The molecule has 0 bridgehead atoms. The molecule has 0 radical (unpaired) electrons. The zero-order valence-corrected chi connectivity index (χ0v) is 24.7. The number of carbonyl (C=O) groups excluding carboxylic acids is 2. The van der Waals surface area contributed by atoms with Crippen LogP contribution in [-0.2, 0) is 26.2 Å². The van der Waals surface area contributed by atoms with Crippen molar-refractivity contribution >= 4 is 50.7 Å². The zero-order chi connectivity index (χ0) is 28.7. The Morgan fingerprint density at radius 2 is 1.62 bits per heavy atom. The quantitative estimate of drug-likeness (QED) is 0.305. The molecule has 3 rings (SSSR count). The van der Waals surface area contributed by atoms with Gasteiger partial charge in [0.1, 0.15) is 12.6 Å². The smallest absolute Gasteiger partial charge is 0.264 e. The molecule has 0 heterocycles. The lowest BCUT2D eigenvalue weighted by molar-refractivity contribution is -0.139. The maximum Gasteiger partial charge on any atom is 0.264 e. The minimum Gasteiger partial charge on any atom is -0.352 e. The standard InChI is InChI=1S/C29H33Cl2N3O4S/c1-5-21(3)32-29(36)22(4)33(18-23-11-9-10-20(2)16-23)28(35)19-34(24-14-15-26(30)27(31)17-24)39(37,38)25-12-7-6-8-13-25/h6-17,21-22H,5,18-19H2,1-4H3,(H,32,36)/t21-,22+/m0/s1. The number of aryl methyl sites for hydroxylation is 1. The van der Waals surface area contributed by atoms with Crippen LogP contribution >= 0.6 is 23.2 Å². The van der Waals surface area contributed by atoms with Gasteiger partial charge in [-0.05, 0) is 63.1 Å². The van der Waals surface area contributed by atoms with Gasteiger partial charge in [0.25, 0.3) is 10.0 Å². The molecule has 3 aromatic carbocycles. The first kappa shape index (κ1) is 30.5. The van der Waals surface area contributed by atoms with E-state index in [0.717, 1.165) is 21.9 Å². The Hall–Kier alpha value is -3.07. The molecule has 39 heavy (non-hydrogen) atoms. The molecule has 0 aliphatic rings. The number of hydrogen-bond acceptors (Lipinski definition) is 4. The van der Waals surface area contributed by atoms with Gasteiger partial charge in [0.05, 0.1) is 20.6 Å². The lowest BCUT2D eigenvalue weighted by atomic mass is 10.1. The molecule has 2 amide bonds. The van der Waals surface area contributed by atoms with Crippen LogP contribution in [0.15, 0.2) is 77.7 Å². The van der Waals surface area contributed by atoms with Gasteiger partial charge in [0, 0.05) is 12.6 Å². The van der Waals surface area contributed by atoms with E-state index in [-0.39, 0.29) is 39.1 Å². The highest BCUT2D eigenvalue weighted by atomic mass is 35.5. The molecule has 2 atom stereocenters. The SMILES string of the molecule is CC[C@H](C)NC(=O)[C@@H](C)N(Cc1cccc(C)c1)C(=O)CN(c1ccc(Cl)c(Cl)c1)S(=O)(=O)c1ccccc1. The van der Waals surface area contributed by atoms with Crippen molar-refractivity contribution in [1.82, 2.24) is 10.2 Å². The Labute approximate surface area is 240 Å². The van der Waals surface area contributed by atoms with Gasteiger partial charge in [0.15, 0.2) is 0 Å². The van der Waals surface area contributed by atoms with Gasteiger partial charge < -0.3 is 10.2 Å². The molecule has 208 valence electrons. The molecule has 0 aromatic heterocycles. The Morgan fingerprint density at radius 3 is 2.23 bits per heavy atom. The molecular formula is C29H33Cl2N3O4S. The fourth-order valence-electron chi connectivity index (χ4n) is 3.94. The summed E-state index contributed by atoms with van der Waals surface area (Å²) in [6, 6.07) is 18.9. The highest BCUT2D eigenvalue weighted by Gasteiger charge is 2.33. The fourth-order valence-corrected chi connectivity index (χ4v) is 5.66. The van der Waals surface area contributed by atoms with Crippen LogP contribution in [0, 0.1) is 6.92 Å². The van der Waals surface area contributed by atoms with E-state index in [9.17, 15) is 18.0 Å². The van der Waals surface area contributed by atoms with Crippen molar-refractivity contribution < 1.29 is 18.0 Å². The first-order valence-electron chi connectivity index (χ1n) is 12.6. The third kappa shape index (κ3) is 7.75. The molecular weight excluding hydrogens is 557 g/mol. The van der Waals surface area contributed by atoms with Crippen LogP contribution < -0.4 is 9.62 Å². The second kappa shape index (κ2) is 13.3. The van der Waals surface area contributed by atoms with E-state index in [1.807, 2.05) is 45.0 Å². The molecule has 0 aliphatic heterocycles. The second-order valence-electron chi connectivity index (χ2n) is 9.43. The number of anilines is 1. The highest BCUT2D eigenvalue weighted by Crippen LogP contribution is 2.31. The van der Waals surface area contributed by atoms with E-state index in [1.165, 1.54) is 35.2 Å². The summed E-state index contributed by atoms with van der Waals surface area (Å²) in [5.41, 5.74) is 1.99. The summed E-state index contributed by atoms with van der Waals surface area (Å²) in [6.07, 6.45) is 0.727. The molecule has 0 spiro atoms. The molecule has 7 nitrogen and oxygen atoms in total. The molecule has 0 saturated heterocycles. The third-order valence-electron chi connectivity index (χ3n) is 6.40. The van der Waals surface area contributed by atoms with Crippen molar-refractivity contribution in [3.05, 3.63) is 94.0 Å². The number of benzene rings is 3. The molecule has 0 fully saturated rings. The monoisotopic (exact) mass is 589 g/mol. The Kier molecular flexibility index (Phi) is 10.4. The number of amides is 2. The summed E-state index contributed by atoms with van der Waals surface area (Å²) in [4.78, 5) is 28.4. The Balaban J connectivity index is 2.04. The average Bonchev–Trinajstić information content (AvgIpc) is 2.91. The van der Waals surface area contributed by atoms with Gasteiger partial charge in [-0.3, -0.25) is 13.9 Å². The number of hydrogen-bond donors (Lipinski definition) is 1. The Morgan fingerprint density at radius 1 is 0.923 bits per heavy atom. The number of nitrogens with one attached hydrogen (secondary N) is 1. The van der Waals surface area contributed by atoms with E-state index in [1.54, 1.807) is 25.1 Å². The van der Waals surface area contributed by atoms with Crippen LogP contribution in [0.1, 0.15) is 38.3 Å². The van der Waals surface area contributed by atoms with Crippen LogP contribution in [-0.4, -0.2) is 43.8 Å². The largest absolute Gasteiger partial charge is 0.352 e. The summed E-state index contributed by atoms with van der Waals surface area (Å²) in [5, 5.41) is 3.32. The fraction of sp³-hybridized carbons (Fsp3) is 0.310. The average molecular weight is 591 g/mol. The minimum atomic E-state index is -4.18. The van der Waals surface area contributed by atoms with Crippen molar-refractivity contribution in [2.75, 3.05) is 10.8 Å². The van der Waals surface area contributed by atoms with E-state index >= 15 is 0 Å². The lowest BCUT2D eigenvalue weighted by Gasteiger charge is -2.32. The number of sulfonamides is 1. The number of rotatable bonds is 11. The molecule has 0 unspecified atom stereocenters. The maximum atomic E-state index is 13.9. The van der Waals surface area contributed by atoms with Gasteiger partial charge >= 0.3 is 0 Å². The van der Waals surface area contributed by atoms with Crippen LogP contribution in [0.3, 0.4) is 0 Å². The van der Waals surface area contributed by atoms with E-state index in [4.69, 9.17) is 23.2 Å². The van der Waals surface area contributed by atoms with Crippen LogP contribution in [0.25, 0.3) is 0 Å². The van der Waals surface area contributed by atoms with Crippen molar-refractivity contribution in [2.45, 2.75) is 57.6 Å². The van der Waals surface area contributed by atoms with Crippen molar-refractivity contribution in [2.24, 2.45) is 0 Å². The van der Waals surface area contributed by atoms with Crippen LogP contribution in [0.2, 0.25) is 10.0 Å². The number of halogens is 2. The highest BCUT2D eigenvalue weighted by molar-refractivity contribution is 7.92. The topological polar surface area (TPSA) is 86.8 Å². The second-order valence-corrected chi connectivity index (χ2v) is 12.1. The van der Waals surface area contributed by atoms with E-state index < -0.39 is 28.5 Å². The lowest BCUT2D eigenvalue weighted by Crippen LogP contribution is -2.52. The summed E-state index contributed by atoms with van der Waals surface area (Å²) in [6.45, 7) is 6.98. The van der Waals surface area contributed by atoms with E-state index in [0.29, 0.717) is 0 Å². The number of carbonyl (C=O) groups is 2. The molecule has 0 aliphatic carbocycles. The normalized spacial score (nSPS) is 12.9. The summed E-state index contributed by atoms with van der Waals surface area (Å²) in [5.74, 6) is -0.869. The van der Waals surface area contributed by atoms with Gasteiger partial charge in [-0.2, -0.15) is 0 Å². The molecule has 3 aromatic rings. The van der Waals surface area contributed by atoms with Crippen molar-refractivity contribution in [3.63, 3.8) is 0 Å². The molecule has 1 N–H and O–H groups in total. The van der Waals surface area contributed by atoms with Crippen molar-refractivity contribution in [1.29, 1.82) is 0 Å². The predicted octanol–water partition coefficient (Wildman–Crippen LogP) is 5.83. The van der Waals surface area contributed by atoms with Gasteiger partial charge in [0.2, 0.25) is 11.8 Å². The van der Waals surface area contributed by atoms with Crippen LogP contribution in [0.5, 0.6) is 0 Å². The zero-order valence-electron chi connectivity index (χ0n) is 22.4. The van der Waals surface area contributed by atoms with Crippen LogP contribution in [0.4, 0.5) is 5.69 Å². The number of nitrogens with zero attached hydrogens (tertiary/aromatic N) is 2. The van der Waals surface area contributed by atoms with Gasteiger partial charge in [-0.1, -0.05) is 78.2 Å². The van der Waals surface area contributed by atoms with E-state index in [2.05, 4.69) is 5.32 Å².